The van der Waals surface area contributed by atoms with Crippen LogP contribution in [0.2, 0.25) is 0 Å². The quantitative estimate of drug-likeness (QED) is 0.386. The molecule has 2 N–H and O–H groups in total. The van der Waals surface area contributed by atoms with Crippen LogP contribution in [-0.2, 0) is 19.1 Å². The molecule has 206 valence electrons. The van der Waals surface area contributed by atoms with Crippen LogP contribution < -0.4 is 14.8 Å². The van der Waals surface area contributed by atoms with Gasteiger partial charge in [0.05, 0.1) is 32.2 Å². The third-order valence-electron chi connectivity index (χ3n) is 8.03. The summed E-state index contributed by atoms with van der Waals surface area (Å²) in [6.07, 6.45) is 3.85. The van der Waals surface area contributed by atoms with E-state index in [1.807, 2.05) is 20.8 Å². The summed E-state index contributed by atoms with van der Waals surface area (Å²) < 4.78 is 36.8. The van der Waals surface area contributed by atoms with E-state index in [0.717, 1.165) is 19.3 Å². The van der Waals surface area contributed by atoms with Crippen molar-refractivity contribution < 1.29 is 38.0 Å². The number of hydrogen-bond donors (Lipinski definition) is 2. The normalized spacial score (nSPS) is 30.0. The number of aliphatic hydroxyl groups excluding tert-OH is 1. The fourth-order valence-corrected chi connectivity index (χ4v) is 6.29. The maximum atomic E-state index is 14.9. The number of ether oxygens (including phenoxy) is 4. The smallest absolute Gasteiger partial charge is 0.310 e. The van der Waals surface area contributed by atoms with Crippen LogP contribution in [0.25, 0.3) is 0 Å². The number of carbonyl (C=O) groups excluding carboxylic acids is 2. The first kappa shape index (κ1) is 27.6. The van der Waals surface area contributed by atoms with Crippen molar-refractivity contribution in [2.24, 2.45) is 23.7 Å². The lowest BCUT2D eigenvalue weighted by atomic mass is 9.84. The van der Waals surface area contributed by atoms with Crippen molar-refractivity contribution in [2.45, 2.75) is 89.7 Å². The summed E-state index contributed by atoms with van der Waals surface area (Å²) >= 11 is 0. The van der Waals surface area contributed by atoms with Gasteiger partial charge in [-0.25, -0.2) is 4.39 Å². The van der Waals surface area contributed by atoms with E-state index in [9.17, 15) is 19.1 Å². The molecule has 2 bridgehead atoms. The molecule has 5 atom stereocenters. The van der Waals surface area contributed by atoms with E-state index >= 15 is 0 Å². The average molecular weight is 522 g/mol. The molecule has 1 aromatic carbocycles. The first-order chi connectivity index (χ1) is 17.5. The second-order valence-corrected chi connectivity index (χ2v) is 11.6. The molecule has 0 aliphatic heterocycles. The number of rotatable bonds is 8. The Hall–Kier alpha value is -2.39. The largest absolute Gasteiger partial charge is 0.496 e. The standard InChI is InChI=1S/C28H40FNO7/c1-28(2,3)37-26(32)15-8-10-18(11-9-15)36-22-13-19(21(34-4)14-20(22)29)25(31)30-24-17-7-6-16(12-17)23(24)27(33)35-5/h13-18,23-25,30-31H,6-12H2,1-5H3/t15?,16-,17+,18?,23+,24-,25?/m1/s1. The molecule has 0 saturated heterocycles. The van der Waals surface area contributed by atoms with Crippen LogP contribution in [0.4, 0.5) is 4.39 Å². The summed E-state index contributed by atoms with van der Waals surface area (Å²) in [7, 11) is 2.80. The molecule has 0 radical (unpaired) electrons. The molecule has 3 saturated carbocycles. The minimum absolute atomic E-state index is 0.0230. The molecule has 4 rings (SSSR count). The lowest BCUT2D eigenvalue weighted by Gasteiger charge is -2.32. The average Bonchev–Trinajstić information content (AvgIpc) is 3.45. The van der Waals surface area contributed by atoms with Gasteiger partial charge in [0.1, 0.15) is 17.6 Å². The van der Waals surface area contributed by atoms with Gasteiger partial charge < -0.3 is 24.1 Å². The van der Waals surface area contributed by atoms with Crippen molar-refractivity contribution in [1.82, 2.24) is 5.32 Å². The molecule has 8 nitrogen and oxygen atoms in total. The molecular weight excluding hydrogens is 481 g/mol. The molecule has 0 heterocycles. The molecule has 1 unspecified atom stereocenters. The number of methoxy groups -OCH3 is 2. The van der Waals surface area contributed by atoms with E-state index in [0.29, 0.717) is 31.2 Å². The van der Waals surface area contributed by atoms with Gasteiger partial charge in [-0.3, -0.25) is 14.9 Å². The summed E-state index contributed by atoms with van der Waals surface area (Å²) in [5, 5.41) is 14.3. The zero-order valence-electron chi connectivity index (χ0n) is 22.4. The lowest BCUT2D eigenvalue weighted by molar-refractivity contribution is -0.161. The van der Waals surface area contributed by atoms with Gasteiger partial charge in [-0.15, -0.1) is 0 Å². The minimum atomic E-state index is -1.18. The van der Waals surface area contributed by atoms with E-state index in [4.69, 9.17) is 18.9 Å². The van der Waals surface area contributed by atoms with E-state index < -0.39 is 17.6 Å². The number of nitrogens with one attached hydrogen (secondary N) is 1. The van der Waals surface area contributed by atoms with Gasteiger partial charge in [0.2, 0.25) is 0 Å². The predicted octanol–water partition coefficient (Wildman–Crippen LogP) is 4.28. The second kappa shape index (κ2) is 11.2. The molecule has 3 fully saturated rings. The van der Waals surface area contributed by atoms with Crippen molar-refractivity contribution in [3.05, 3.63) is 23.5 Å². The maximum absolute atomic E-state index is 14.9. The molecule has 0 spiro atoms. The summed E-state index contributed by atoms with van der Waals surface area (Å²) in [5.41, 5.74) is -0.190. The van der Waals surface area contributed by atoms with Gasteiger partial charge >= 0.3 is 11.9 Å². The highest BCUT2D eigenvalue weighted by molar-refractivity contribution is 5.74. The highest BCUT2D eigenvalue weighted by Gasteiger charge is 2.52. The summed E-state index contributed by atoms with van der Waals surface area (Å²) in [6, 6.07) is 2.44. The third kappa shape index (κ3) is 6.20. The van der Waals surface area contributed by atoms with Crippen LogP contribution in [-0.4, -0.2) is 49.0 Å². The molecular formula is C28H40FNO7. The molecule has 0 aromatic heterocycles. The number of benzene rings is 1. The van der Waals surface area contributed by atoms with Crippen molar-refractivity contribution in [1.29, 1.82) is 0 Å². The van der Waals surface area contributed by atoms with E-state index in [2.05, 4.69) is 5.32 Å². The number of aliphatic hydroxyl groups is 1. The van der Waals surface area contributed by atoms with Crippen LogP contribution in [0.3, 0.4) is 0 Å². The Morgan fingerprint density at radius 2 is 1.68 bits per heavy atom. The highest BCUT2D eigenvalue weighted by atomic mass is 19.1. The molecule has 1 aromatic rings. The van der Waals surface area contributed by atoms with E-state index in [1.54, 1.807) is 0 Å². The topological polar surface area (TPSA) is 103 Å². The van der Waals surface area contributed by atoms with E-state index in [-0.39, 0.29) is 59.3 Å². The van der Waals surface area contributed by atoms with Gasteiger partial charge in [-0.1, -0.05) is 0 Å². The lowest BCUT2D eigenvalue weighted by Crippen LogP contribution is -2.46. The Balaban J connectivity index is 1.43. The number of carbonyl (C=O) groups is 2. The van der Waals surface area contributed by atoms with Crippen LogP contribution in [0, 0.1) is 29.5 Å². The first-order valence-corrected chi connectivity index (χ1v) is 13.3. The van der Waals surface area contributed by atoms with Crippen LogP contribution >= 0.6 is 0 Å². The predicted molar refractivity (Wildman–Crippen MR) is 133 cm³/mol. The number of halogens is 1. The summed E-state index contributed by atoms with van der Waals surface area (Å²) in [6.45, 7) is 5.54. The summed E-state index contributed by atoms with van der Waals surface area (Å²) in [5.74, 6) is -0.844. The van der Waals surface area contributed by atoms with Gasteiger partial charge in [-0.05, 0) is 83.6 Å². The molecule has 9 heteroatoms. The maximum Gasteiger partial charge on any atom is 0.310 e. The Labute approximate surface area is 218 Å². The fraction of sp³-hybridized carbons (Fsp3) is 0.714. The van der Waals surface area contributed by atoms with Crippen molar-refractivity contribution in [3.63, 3.8) is 0 Å². The van der Waals surface area contributed by atoms with Crippen molar-refractivity contribution >= 4 is 11.9 Å². The Morgan fingerprint density at radius 3 is 2.30 bits per heavy atom. The Morgan fingerprint density at radius 1 is 1.00 bits per heavy atom. The zero-order chi connectivity index (χ0) is 26.9. The molecule has 3 aliphatic carbocycles. The van der Waals surface area contributed by atoms with Crippen molar-refractivity contribution in [2.75, 3.05) is 14.2 Å². The Kier molecular flexibility index (Phi) is 8.33. The number of esters is 2. The zero-order valence-corrected chi connectivity index (χ0v) is 22.4. The second-order valence-electron chi connectivity index (χ2n) is 11.6. The van der Waals surface area contributed by atoms with Gasteiger partial charge in [0.15, 0.2) is 11.6 Å². The molecule has 37 heavy (non-hydrogen) atoms. The van der Waals surface area contributed by atoms with Crippen LogP contribution in [0.5, 0.6) is 11.5 Å². The molecule has 0 amide bonds. The fourth-order valence-electron chi connectivity index (χ4n) is 6.29. The molecule has 3 aliphatic rings. The van der Waals surface area contributed by atoms with Gasteiger partial charge in [-0.2, -0.15) is 0 Å². The SMILES string of the molecule is COC(=O)[C@H]1[C@@H]2CC[C@@H](C2)[C@H]1NC(O)c1cc(OC2CCC(C(=O)OC(C)(C)C)CC2)c(F)cc1OC. The highest BCUT2D eigenvalue weighted by Crippen LogP contribution is 2.49. The van der Waals surface area contributed by atoms with Gasteiger partial charge in [0, 0.05) is 17.7 Å². The minimum Gasteiger partial charge on any atom is -0.496 e. The van der Waals surface area contributed by atoms with Crippen molar-refractivity contribution in [3.8, 4) is 11.5 Å². The van der Waals surface area contributed by atoms with E-state index in [1.165, 1.54) is 26.4 Å². The first-order valence-electron chi connectivity index (χ1n) is 13.3. The van der Waals surface area contributed by atoms with Gasteiger partial charge in [0.25, 0.3) is 0 Å². The van der Waals surface area contributed by atoms with Crippen LogP contribution in [0.1, 0.15) is 77.5 Å². The summed E-state index contributed by atoms with van der Waals surface area (Å²) in [4.78, 5) is 24.8. The third-order valence-corrected chi connectivity index (χ3v) is 8.03. The monoisotopic (exact) mass is 521 g/mol. The Bertz CT molecular complexity index is 985. The number of hydrogen-bond acceptors (Lipinski definition) is 8. The van der Waals surface area contributed by atoms with Crippen LogP contribution in [0.15, 0.2) is 12.1 Å². The number of fused-ring (bicyclic) bond motifs is 2.